The summed E-state index contributed by atoms with van der Waals surface area (Å²) in [6, 6.07) is 2.77. The van der Waals surface area contributed by atoms with E-state index < -0.39 is 41.5 Å². The minimum Gasteiger partial charge on any atom is -0.454 e. The topological polar surface area (TPSA) is 136 Å². The molecule has 3 amide bonds. The molecule has 1 aromatic carbocycles. The Balaban J connectivity index is 1.51. The summed E-state index contributed by atoms with van der Waals surface area (Å²) in [6.07, 6.45) is 2.96. The fourth-order valence-corrected chi connectivity index (χ4v) is 3.63. The number of fused-ring (bicyclic) bond motifs is 1. The van der Waals surface area contributed by atoms with Gasteiger partial charge in [0.05, 0.1) is 16.8 Å². The van der Waals surface area contributed by atoms with Crippen LogP contribution in [0.4, 0.5) is 15.8 Å². The molecule has 1 N–H and O–H groups in total. The maximum absolute atomic E-state index is 13.3. The summed E-state index contributed by atoms with van der Waals surface area (Å²) < 4.78 is 18.1. The highest BCUT2D eigenvalue weighted by atomic mass is 19.1. The highest BCUT2D eigenvalue weighted by Gasteiger charge is 2.48. The predicted molar refractivity (Wildman–Crippen MR) is 94.8 cm³/mol. The van der Waals surface area contributed by atoms with Crippen LogP contribution >= 0.6 is 0 Å². The Morgan fingerprint density at radius 3 is 2.41 bits per heavy atom. The van der Waals surface area contributed by atoms with Gasteiger partial charge in [-0.3, -0.25) is 34.2 Å². The number of carbonyl (C=O) groups is 4. The van der Waals surface area contributed by atoms with Crippen molar-refractivity contribution in [3.8, 4) is 0 Å². The molecular weight excluding hydrogens is 389 g/mol. The van der Waals surface area contributed by atoms with Gasteiger partial charge in [0.1, 0.15) is 6.54 Å². The van der Waals surface area contributed by atoms with Crippen molar-refractivity contribution < 1.29 is 33.2 Å². The van der Waals surface area contributed by atoms with E-state index in [0.717, 1.165) is 35.9 Å². The number of anilines is 1. The molecule has 10 nitrogen and oxygen atoms in total. The van der Waals surface area contributed by atoms with Crippen LogP contribution in [0.15, 0.2) is 18.2 Å². The van der Waals surface area contributed by atoms with Crippen molar-refractivity contribution in [3.05, 3.63) is 34.1 Å². The van der Waals surface area contributed by atoms with Gasteiger partial charge in [0.2, 0.25) is 17.6 Å². The minimum absolute atomic E-state index is 0.0480. The van der Waals surface area contributed by atoms with Crippen molar-refractivity contribution in [3.63, 3.8) is 0 Å². The van der Waals surface area contributed by atoms with Crippen LogP contribution in [0.3, 0.4) is 0 Å². The highest BCUT2D eigenvalue weighted by molar-refractivity contribution is 6.07. The zero-order chi connectivity index (χ0) is 21.1. The number of nitrogens with one attached hydrogen (secondary N) is 1. The third-order valence-corrected chi connectivity index (χ3v) is 5.01. The van der Waals surface area contributed by atoms with Gasteiger partial charge in [-0.25, -0.2) is 0 Å². The third-order valence-electron chi connectivity index (χ3n) is 5.01. The maximum atomic E-state index is 13.3. The van der Waals surface area contributed by atoms with E-state index in [0.29, 0.717) is 12.8 Å². The Morgan fingerprint density at radius 1 is 1.21 bits per heavy atom. The van der Waals surface area contributed by atoms with Crippen LogP contribution in [0.5, 0.6) is 0 Å². The van der Waals surface area contributed by atoms with E-state index in [-0.39, 0.29) is 29.3 Å². The largest absolute Gasteiger partial charge is 0.454 e. The lowest BCUT2D eigenvalue weighted by Gasteiger charge is -2.19. The average Bonchev–Trinajstić information content (AvgIpc) is 2.93. The summed E-state index contributed by atoms with van der Waals surface area (Å²) in [6.45, 7) is -1.30. The third kappa shape index (κ3) is 4.39. The van der Waals surface area contributed by atoms with Crippen molar-refractivity contribution in [2.75, 3.05) is 18.5 Å². The molecule has 1 heterocycles. The Bertz CT molecular complexity index is 864. The molecule has 0 aromatic heterocycles. The summed E-state index contributed by atoms with van der Waals surface area (Å²) in [4.78, 5) is 59.1. The van der Waals surface area contributed by atoms with Gasteiger partial charge in [0.15, 0.2) is 6.61 Å². The summed E-state index contributed by atoms with van der Waals surface area (Å²) in [5, 5.41) is 12.9. The molecule has 1 aliphatic heterocycles. The summed E-state index contributed by atoms with van der Waals surface area (Å²) in [7, 11) is 0. The normalized spacial score (nSPS) is 20.9. The number of hydrogen-bond donors (Lipinski definition) is 1. The van der Waals surface area contributed by atoms with Gasteiger partial charge in [-0.1, -0.05) is 12.8 Å². The molecule has 1 aliphatic carbocycles. The summed E-state index contributed by atoms with van der Waals surface area (Å²) >= 11 is 0. The number of nitrogens with zero attached hydrogens (tertiary/aromatic N) is 2. The number of rotatable bonds is 6. The fourth-order valence-electron chi connectivity index (χ4n) is 3.63. The molecule has 2 fully saturated rings. The number of nitro groups is 1. The van der Waals surface area contributed by atoms with Crippen molar-refractivity contribution >= 4 is 35.1 Å². The van der Waals surface area contributed by atoms with Crippen molar-refractivity contribution in [2.24, 2.45) is 11.8 Å². The number of esters is 1. The molecule has 2 aliphatic rings. The van der Waals surface area contributed by atoms with Crippen LogP contribution in [-0.2, 0) is 23.9 Å². The van der Waals surface area contributed by atoms with Crippen LogP contribution in [0, 0.1) is 27.8 Å². The Hall–Kier alpha value is -3.37. The highest BCUT2D eigenvalue weighted by Crippen LogP contribution is 2.37. The number of ether oxygens (including phenoxy) is 1. The average molecular weight is 407 g/mol. The second kappa shape index (κ2) is 8.33. The molecule has 29 heavy (non-hydrogen) atoms. The molecule has 1 saturated carbocycles. The smallest absolute Gasteiger partial charge is 0.326 e. The first-order chi connectivity index (χ1) is 13.8. The Morgan fingerprint density at radius 2 is 1.83 bits per heavy atom. The van der Waals surface area contributed by atoms with Crippen LogP contribution < -0.4 is 5.32 Å². The van der Waals surface area contributed by atoms with Gasteiger partial charge >= 0.3 is 11.7 Å². The van der Waals surface area contributed by atoms with E-state index in [1.165, 1.54) is 0 Å². The Kier molecular flexibility index (Phi) is 5.85. The van der Waals surface area contributed by atoms with Gasteiger partial charge in [-0.2, -0.15) is 4.39 Å². The van der Waals surface area contributed by atoms with E-state index in [1.54, 1.807) is 0 Å². The van der Waals surface area contributed by atoms with E-state index >= 15 is 0 Å². The number of carbonyl (C=O) groups excluding carboxylic acids is 4. The lowest BCUT2D eigenvalue weighted by molar-refractivity contribution is -0.387. The van der Waals surface area contributed by atoms with Gasteiger partial charge in [0, 0.05) is 11.8 Å². The molecule has 1 saturated heterocycles. The second-order valence-corrected chi connectivity index (χ2v) is 6.89. The molecule has 0 unspecified atom stereocenters. The molecule has 2 atom stereocenters. The first kappa shape index (κ1) is 20.4. The first-order valence-electron chi connectivity index (χ1n) is 9.02. The molecule has 11 heteroatoms. The van der Waals surface area contributed by atoms with Crippen molar-refractivity contribution in [1.82, 2.24) is 4.90 Å². The lowest BCUT2D eigenvalue weighted by Crippen LogP contribution is -2.37. The monoisotopic (exact) mass is 407 g/mol. The van der Waals surface area contributed by atoms with Gasteiger partial charge in [0.25, 0.3) is 5.91 Å². The zero-order valence-electron chi connectivity index (χ0n) is 15.3. The van der Waals surface area contributed by atoms with Crippen LogP contribution in [0.2, 0.25) is 0 Å². The molecule has 0 radical (unpaired) electrons. The van der Waals surface area contributed by atoms with Gasteiger partial charge in [-0.15, -0.1) is 0 Å². The molecule has 0 spiro atoms. The van der Waals surface area contributed by atoms with Crippen molar-refractivity contribution in [2.45, 2.75) is 25.7 Å². The predicted octanol–water partition coefficient (Wildman–Crippen LogP) is 1.39. The van der Waals surface area contributed by atoms with E-state index in [4.69, 9.17) is 4.74 Å². The van der Waals surface area contributed by atoms with Gasteiger partial charge in [-0.05, 0) is 25.0 Å². The number of nitro benzene ring substituents is 1. The lowest BCUT2D eigenvalue weighted by atomic mass is 9.81. The summed E-state index contributed by atoms with van der Waals surface area (Å²) in [5.74, 6) is -4.35. The minimum atomic E-state index is -1.06. The molecule has 1 aromatic rings. The number of halogens is 1. The number of amides is 3. The number of benzene rings is 1. The standard InChI is InChI=1S/C18H18FN3O7/c19-13-6-5-10(7-14(13)22(27)28)20-15(23)9-29-16(24)8-21-17(25)11-3-1-2-4-12(11)18(21)26/h5-7,11-12H,1-4,8-9H2,(H,20,23)/t11-,12-/m0/s1. The van der Waals surface area contributed by atoms with Gasteiger partial charge < -0.3 is 10.1 Å². The molecule has 0 bridgehead atoms. The van der Waals surface area contributed by atoms with E-state index in [1.807, 2.05) is 0 Å². The molecule has 3 rings (SSSR count). The quantitative estimate of drug-likeness (QED) is 0.326. The number of imide groups is 1. The molecule has 154 valence electrons. The SMILES string of the molecule is O=C(COC(=O)CN1C(=O)[C@H]2CCCC[C@@H]2C1=O)Nc1ccc(F)c([N+](=O)[O-])c1. The van der Waals surface area contributed by atoms with Crippen molar-refractivity contribution in [1.29, 1.82) is 0 Å². The second-order valence-electron chi connectivity index (χ2n) is 6.89. The van der Waals surface area contributed by atoms with Crippen LogP contribution in [0.1, 0.15) is 25.7 Å². The molecular formula is C18H18FN3O7. The van der Waals surface area contributed by atoms with E-state index in [2.05, 4.69) is 5.32 Å². The maximum Gasteiger partial charge on any atom is 0.326 e. The zero-order valence-corrected chi connectivity index (χ0v) is 15.3. The fraction of sp³-hybridized carbons (Fsp3) is 0.444. The number of hydrogen-bond acceptors (Lipinski definition) is 7. The van der Waals surface area contributed by atoms with E-state index in [9.17, 15) is 33.7 Å². The first-order valence-corrected chi connectivity index (χ1v) is 9.02. The number of likely N-dealkylation sites (tertiary alicyclic amines) is 1. The van der Waals surface area contributed by atoms with Crippen LogP contribution in [0.25, 0.3) is 0 Å². The Labute approximate surface area is 164 Å². The summed E-state index contributed by atoms with van der Waals surface area (Å²) in [5.41, 5.74) is -0.861. The van der Waals surface area contributed by atoms with Crippen LogP contribution in [-0.4, -0.2) is 46.7 Å².